The Morgan fingerprint density at radius 2 is 1.79 bits per heavy atom. The number of amides is 1. The van der Waals surface area contributed by atoms with Gasteiger partial charge in [-0.3, -0.25) is 4.79 Å². The second-order valence-electron chi connectivity index (χ2n) is 7.38. The smallest absolute Gasteiger partial charge is 0.343 e. The molecule has 0 fully saturated rings. The fourth-order valence-electron chi connectivity index (χ4n) is 3.07. The second kappa shape index (κ2) is 8.96. The van der Waals surface area contributed by atoms with E-state index < -0.39 is 18.4 Å². The first-order valence-corrected chi connectivity index (χ1v) is 9.87. The van der Waals surface area contributed by atoms with Crippen molar-refractivity contribution in [2.45, 2.75) is 12.9 Å². The van der Waals surface area contributed by atoms with E-state index in [1.165, 1.54) is 35.5 Å². The first-order chi connectivity index (χ1) is 16.2. The van der Waals surface area contributed by atoms with E-state index in [9.17, 15) is 22.4 Å². The average Bonchev–Trinajstić information content (AvgIpc) is 2.82. The third-order valence-corrected chi connectivity index (χ3v) is 4.79. The van der Waals surface area contributed by atoms with Gasteiger partial charge >= 0.3 is 6.18 Å². The minimum atomic E-state index is -4.49. The molecule has 0 radical (unpaired) electrons. The molecule has 4 rings (SSSR count). The molecule has 4 heterocycles. The van der Waals surface area contributed by atoms with Crippen LogP contribution in [0.25, 0.3) is 22.6 Å². The molecule has 8 nitrogen and oxygen atoms in total. The Morgan fingerprint density at radius 3 is 2.44 bits per heavy atom. The summed E-state index contributed by atoms with van der Waals surface area (Å²) in [6.07, 6.45) is -0.969. The van der Waals surface area contributed by atoms with Crippen molar-refractivity contribution in [1.82, 2.24) is 29.8 Å². The molecule has 1 amide bonds. The minimum Gasteiger partial charge on any atom is -0.343 e. The number of carbonyl (C=O) groups excluding carboxylic acids is 1. The average molecular weight is 471 g/mol. The number of nitrogens with one attached hydrogen (secondary N) is 1. The van der Waals surface area contributed by atoms with E-state index in [2.05, 4.69) is 30.2 Å². The van der Waals surface area contributed by atoms with Gasteiger partial charge in [-0.1, -0.05) is 6.07 Å². The highest BCUT2D eigenvalue weighted by molar-refractivity contribution is 5.93. The van der Waals surface area contributed by atoms with Crippen LogP contribution in [0.4, 0.5) is 29.1 Å². The lowest BCUT2D eigenvalue weighted by molar-refractivity contribution is -0.137. The predicted octanol–water partition coefficient (Wildman–Crippen LogP) is 4.42. The molecule has 0 aliphatic heterocycles. The standard InChI is InChI=1S/C22H17F4N7O/c1-33(2)21(34)15-5-3-12(9-23)18(31-15)16-11-29-19-14(7-8-27-20(19)32-16)30-17-6-4-13(10-28-17)22(24,25)26/h3-8,10-11H,9H2,1-2H3,(H,27,28,30,32). The van der Waals surface area contributed by atoms with Crippen LogP contribution in [-0.2, 0) is 12.9 Å². The van der Waals surface area contributed by atoms with Crippen molar-refractivity contribution < 1.29 is 22.4 Å². The Labute approximate surface area is 190 Å². The lowest BCUT2D eigenvalue weighted by atomic mass is 10.1. The van der Waals surface area contributed by atoms with Crippen LogP contribution in [0.1, 0.15) is 21.6 Å². The number of anilines is 2. The zero-order valence-corrected chi connectivity index (χ0v) is 17.9. The molecule has 1 N–H and O–H groups in total. The Kier molecular flexibility index (Phi) is 6.05. The van der Waals surface area contributed by atoms with Crippen molar-refractivity contribution in [3.05, 3.63) is 65.7 Å². The van der Waals surface area contributed by atoms with E-state index in [1.54, 1.807) is 20.2 Å². The second-order valence-corrected chi connectivity index (χ2v) is 7.38. The number of pyridine rings is 3. The van der Waals surface area contributed by atoms with Crippen molar-refractivity contribution in [2.24, 2.45) is 0 Å². The summed E-state index contributed by atoms with van der Waals surface area (Å²) in [4.78, 5) is 34.6. The summed E-state index contributed by atoms with van der Waals surface area (Å²) in [6, 6.07) is 6.58. The zero-order chi connectivity index (χ0) is 24.5. The highest BCUT2D eigenvalue weighted by Gasteiger charge is 2.30. The third-order valence-electron chi connectivity index (χ3n) is 4.79. The van der Waals surface area contributed by atoms with Crippen molar-refractivity contribution >= 4 is 28.6 Å². The largest absolute Gasteiger partial charge is 0.417 e. The van der Waals surface area contributed by atoms with Crippen LogP contribution >= 0.6 is 0 Å². The maximum atomic E-state index is 13.6. The van der Waals surface area contributed by atoms with E-state index in [4.69, 9.17) is 0 Å². The van der Waals surface area contributed by atoms with Gasteiger partial charge in [-0.05, 0) is 24.3 Å². The van der Waals surface area contributed by atoms with Crippen LogP contribution in [0.2, 0.25) is 0 Å². The van der Waals surface area contributed by atoms with Crippen LogP contribution in [0.5, 0.6) is 0 Å². The van der Waals surface area contributed by atoms with Gasteiger partial charge in [-0.2, -0.15) is 13.2 Å². The first-order valence-electron chi connectivity index (χ1n) is 9.87. The van der Waals surface area contributed by atoms with E-state index in [-0.39, 0.29) is 40.0 Å². The van der Waals surface area contributed by atoms with E-state index >= 15 is 0 Å². The fraction of sp³-hybridized carbons (Fsp3) is 0.182. The van der Waals surface area contributed by atoms with Gasteiger partial charge in [0, 0.05) is 32.1 Å². The maximum Gasteiger partial charge on any atom is 0.417 e. The number of fused-ring (bicyclic) bond motifs is 1. The van der Waals surface area contributed by atoms with Crippen LogP contribution in [-0.4, -0.2) is 49.8 Å². The summed E-state index contributed by atoms with van der Waals surface area (Å²) in [5.74, 6) is -0.184. The molecular weight excluding hydrogens is 454 g/mol. The van der Waals surface area contributed by atoms with Gasteiger partial charge in [0.25, 0.3) is 5.91 Å². The molecule has 0 aromatic carbocycles. The summed E-state index contributed by atoms with van der Waals surface area (Å²) in [6.45, 7) is -0.826. The number of halogens is 4. The van der Waals surface area contributed by atoms with Gasteiger partial charge in [0.2, 0.25) is 0 Å². The van der Waals surface area contributed by atoms with Gasteiger partial charge in [0.1, 0.15) is 29.4 Å². The molecule has 0 bridgehead atoms. The Balaban J connectivity index is 1.70. The molecule has 0 saturated heterocycles. The molecule has 4 aromatic rings. The molecule has 0 aliphatic carbocycles. The monoisotopic (exact) mass is 471 g/mol. The molecule has 12 heteroatoms. The van der Waals surface area contributed by atoms with Crippen molar-refractivity contribution in [3.8, 4) is 11.4 Å². The van der Waals surface area contributed by atoms with Crippen molar-refractivity contribution in [2.75, 3.05) is 19.4 Å². The summed E-state index contributed by atoms with van der Waals surface area (Å²) in [5.41, 5.74) is 0.767. The summed E-state index contributed by atoms with van der Waals surface area (Å²) >= 11 is 0. The Morgan fingerprint density at radius 1 is 1.00 bits per heavy atom. The van der Waals surface area contributed by atoms with E-state index in [0.29, 0.717) is 11.2 Å². The molecule has 0 unspecified atom stereocenters. The quantitative estimate of drug-likeness (QED) is 0.431. The number of carbonyl (C=O) groups is 1. The maximum absolute atomic E-state index is 13.6. The topological polar surface area (TPSA) is 96.8 Å². The first kappa shape index (κ1) is 23.0. The van der Waals surface area contributed by atoms with Crippen LogP contribution in [0.3, 0.4) is 0 Å². The van der Waals surface area contributed by atoms with Crippen molar-refractivity contribution in [3.63, 3.8) is 0 Å². The molecule has 174 valence electrons. The van der Waals surface area contributed by atoms with Gasteiger partial charge in [0.05, 0.1) is 23.1 Å². The summed E-state index contributed by atoms with van der Waals surface area (Å²) in [5, 5.41) is 2.90. The van der Waals surface area contributed by atoms with Crippen molar-refractivity contribution in [1.29, 1.82) is 0 Å². The number of nitrogens with zero attached hydrogens (tertiary/aromatic N) is 6. The fourth-order valence-corrected chi connectivity index (χ4v) is 3.07. The van der Waals surface area contributed by atoms with Crippen LogP contribution in [0.15, 0.2) is 48.9 Å². The molecule has 0 spiro atoms. The lowest BCUT2D eigenvalue weighted by Gasteiger charge is -2.13. The minimum absolute atomic E-state index is 0.121. The number of aromatic nitrogens is 5. The molecular formula is C22H17F4N7O. The van der Waals surface area contributed by atoms with Gasteiger partial charge in [-0.15, -0.1) is 0 Å². The highest BCUT2D eigenvalue weighted by atomic mass is 19.4. The zero-order valence-electron chi connectivity index (χ0n) is 17.9. The van der Waals surface area contributed by atoms with Gasteiger partial charge < -0.3 is 10.2 Å². The third kappa shape index (κ3) is 4.60. The van der Waals surface area contributed by atoms with Crippen LogP contribution in [0, 0.1) is 0 Å². The van der Waals surface area contributed by atoms with Crippen LogP contribution < -0.4 is 5.32 Å². The SMILES string of the molecule is CN(C)C(=O)c1ccc(CF)c(-c2cnc3c(Nc4ccc(C(F)(F)F)cn4)ccnc3n2)n1. The van der Waals surface area contributed by atoms with E-state index in [0.717, 1.165) is 12.3 Å². The normalized spacial score (nSPS) is 11.5. The number of hydrogen-bond donors (Lipinski definition) is 1. The molecule has 0 saturated carbocycles. The number of alkyl halides is 4. The Bertz CT molecular complexity index is 1360. The number of rotatable bonds is 5. The predicted molar refractivity (Wildman–Crippen MR) is 116 cm³/mol. The Hall–Kier alpha value is -4.22. The molecule has 0 aliphatic rings. The van der Waals surface area contributed by atoms with Gasteiger partial charge in [-0.25, -0.2) is 29.3 Å². The number of hydrogen-bond acceptors (Lipinski definition) is 7. The summed E-state index contributed by atoms with van der Waals surface area (Å²) in [7, 11) is 3.15. The van der Waals surface area contributed by atoms with E-state index in [1.807, 2.05) is 0 Å². The van der Waals surface area contributed by atoms with Gasteiger partial charge in [0.15, 0.2) is 5.65 Å². The molecule has 34 heavy (non-hydrogen) atoms. The lowest BCUT2D eigenvalue weighted by Crippen LogP contribution is -2.23. The highest BCUT2D eigenvalue weighted by Crippen LogP contribution is 2.30. The molecule has 4 aromatic heterocycles. The summed E-state index contributed by atoms with van der Waals surface area (Å²) < 4.78 is 51.9. The molecule has 0 atom stereocenters.